The van der Waals surface area contributed by atoms with Crippen LogP contribution in [0.25, 0.3) is 0 Å². The fourth-order valence-corrected chi connectivity index (χ4v) is 3.93. The topological polar surface area (TPSA) is 165 Å². The monoisotopic (exact) mass is 494 g/mol. The summed E-state index contributed by atoms with van der Waals surface area (Å²) >= 11 is 0. The Hall–Kier alpha value is -3.03. The molecule has 0 spiro atoms. The highest BCUT2D eigenvalue weighted by atomic mass is 32.2. The number of primary amides is 1. The number of hydroxylamine groups is 1. The number of ether oxygens (including phenoxy) is 2. The number of benzene rings is 2. The summed E-state index contributed by atoms with van der Waals surface area (Å²) in [6.45, 7) is 4.22. The Morgan fingerprint density at radius 2 is 1.68 bits per heavy atom. The van der Waals surface area contributed by atoms with Crippen molar-refractivity contribution in [1.29, 1.82) is 0 Å². The SMILES string of the molecule is CC(C)CN(C(=O)c1ccc(OCOCCN)cc1)c1ccc(S(=O)(=O)N(O)CC(N)=O)cc1. The van der Waals surface area contributed by atoms with Crippen molar-refractivity contribution < 1.29 is 32.7 Å². The minimum atomic E-state index is -4.33. The summed E-state index contributed by atoms with van der Waals surface area (Å²) in [5, 5.41) is 9.69. The van der Waals surface area contributed by atoms with Crippen LogP contribution in [0.5, 0.6) is 5.75 Å². The van der Waals surface area contributed by atoms with Crippen LogP contribution in [-0.2, 0) is 19.6 Å². The molecule has 0 saturated heterocycles. The number of sulfonamides is 1. The number of nitrogens with two attached hydrogens (primary N) is 2. The summed E-state index contributed by atoms with van der Waals surface area (Å²) in [4.78, 5) is 25.4. The number of anilines is 1. The first kappa shape index (κ1) is 27.2. The molecule has 2 aromatic carbocycles. The third-order valence-electron chi connectivity index (χ3n) is 4.48. The summed E-state index contributed by atoms with van der Waals surface area (Å²) in [7, 11) is -4.33. The quantitative estimate of drug-likeness (QED) is 0.212. The van der Waals surface area contributed by atoms with Gasteiger partial charge in [0.05, 0.1) is 11.5 Å². The molecule has 0 fully saturated rings. The van der Waals surface area contributed by atoms with Crippen LogP contribution in [0.15, 0.2) is 53.4 Å². The van der Waals surface area contributed by atoms with Gasteiger partial charge >= 0.3 is 0 Å². The van der Waals surface area contributed by atoms with E-state index in [0.717, 1.165) is 0 Å². The van der Waals surface area contributed by atoms with E-state index in [1.807, 2.05) is 13.8 Å². The molecule has 0 unspecified atom stereocenters. The van der Waals surface area contributed by atoms with Gasteiger partial charge < -0.3 is 25.8 Å². The molecule has 0 aliphatic carbocycles. The van der Waals surface area contributed by atoms with E-state index in [9.17, 15) is 23.2 Å². The molecule has 34 heavy (non-hydrogen) atoms. The highest BCUT2D eigenvalue weighted by Gasteiger charge is 2.25. The molecular weight excluding hydrogens is 464 g/mol. The Bertz CT molecular complexity index is 1060. The van der Waals surface area contributed by atoms with Crippen molar-refractivity contribution in [3.05, 3.63) is 54.1 Å². The van der Waals surface area contributed by atoms with Gasteiger partial charge in [0.2, 0.25) is 5.91 Å². The highest BCUT2D eigenvalue weighted by Crippen LogP contribution is 2.23. The van der Waals surface area contributed by atoms with Gasteiger partial charge in [-0.1, -0.05) is 18.3 Å². The van der Waals surface area contributed by atoms with E-state index in [4.69, 9.17) is 20.9 Å². The maximum Gasteiger partial charge on any atom is 0.265 e. The van der Waals surface area contributed by atoms with Gasteiger partial charge in [-0.15, -0.1) is 0 Å². The van der Waals surface area contributed by atoms with Gasteiger partial charge in [-0.3, -0.25) is 14.8 Å². The molecule has 2 rings (SSSR count). The van der Waals surface area contributed by atoms with E-state index in [1.165, 1.54) is 29.2 Å². The Balaban J connectivity index is 2.22. The fourth-order valence-electron chi connectivity index (χ4n) is 2.91. The van der Waals surface area contributed by atoms with E-state index in [2.05, 4.69) is 0 Å². The van der Waals surface area contributed by atoms with Gasteiger partial charge in [0.25, 0.3) is 15.9 Å². The Morgan fingerprint density at radius 3 is 2.21 bits per heavy atom. The Labute approximate surface area is 198 Å². The van der Waals surface area contributed by atoms with Crippen molar-refractivity contribution in [3.8, 4) is 5.75 Å². The largest absolute Gasteiger partial charge is 0.468 e. The average Bonchev–Trinajstić information content (AvgIpc) is 2.80. The van der Waals surface area contributed by atoms with E-state index >= 15 is 0 Å². The van der Waals surface area contributed by atoms with Crippen molar-refractivity contribution >= 4 is 27.5 Å². The highest BCUT2D eigenvalue weighted by molar-refractivity contribution is 7.89. The third kappa shape index (κ3) is 7.50. The van der Waals surface area contributed by atoms with Crippen LogP contribution in [-0.4, -0.2) is 62.9 Å². The molecular formula is C22H30N4O7S. The molecule has 0 aliphatic rings. The second-order valence-electron chi connectivity index (χ2n) is 7.74. The van der Waals surface area contributed by atoms with E-state index in [-0.39, 0.29) is 28.0 Å². The molecule has 0 bridgehead atoms. The van der Waals surface area contributed by atoms with E-state index < -0.39 is 22.5 Å². The molecule has 2 aromatic rings. The first-order valence-corrected chi connectivity index (χ1v) is 11.9. The van der Waals surface area contributed by atoms with Crippen LogP contribution in [0.2, 0.25) is 0 Å². The lowest BCUT2D eigenvalue weighted by atomic mass is 10.1. The molecule has 5 N–H and O–H groups in total. The van der Waals surface area contributed by atoms with E-state index in [0.29, 0.717) is 36.7 Å². The van der Waals surface area contributed by atoms with E-state index in [1.54, 1.807) is 24.3 Å². The zero-order valence-electron chi connectivity index (χ0n) is 19.1. The summed E-state index contributed by atoms with van der Waals surface area (Å²) in [5.74, 6) is -0.634. The minimum absolute atomic E-state index is 0.0456. The van der Waals surface area contributed by atoms with Crippen LogP contribution in [0, 0.1) is 5.92 Å². The predicted octanol–water partition coefficient (Wildman–Crippen LogP) is 1.17. The predicted molar refractivity (Wildman–Crippen MR) is 125 cm³/mol. The molecule has 0 saturated carbocycles. The van der Waals surface area contributed by atoms with Crippen LogP contribution in [0.4, 0.5) is 5.69 Å². The van der Waals surface area contributed by atoms with Gasteiger partial charge in [-0.05, 0) is 54.4 Å². The van der Waals surface area contributed by atoms with Crippen LogP contribution < -0.4 is 21.1 Å². The molecule has 12 heteroatoms. The maximum atomic E-state index is 13.2. The third-order valence-corrected chi connectivity index (χ3v) is 6.03. The lowest BCUT2D eigenvalue weighted by Crippen LogP contribution is -2.36. The molecule has 0 radical (unpaired) electrons. The van der Waals surface area contributed by atoms with Crippen LogP contribution in [0.3, 0.4) is 0 Å². The number of carbonyl (C=O) groups is 2. The fraction of sp³-hybridized carbons (Fsp3) is 0.364. The van der Waals surface area contributed by atoms with Crippen molar-refractivity contribution in [2.24, 2.45) is 17.4 Å². The number of rotatable bonds is 13. The Morgan fingerprint density at radius 1 is 1.06 bits per heavy atom. The van der Waals surface area contributed by atoms with Crippen LogP contribution in [0.1, 0.15) is 24.2 Å². The zero-order chi connectivity index (χ0) is 25.3. The smallest absolute Gasteiger partial charge is 0.265 e. The summed E-state index contributed by atoms with van der Waals surface area (Å²) in [5.41, 5.74) is 11.2. The summed E-state index contributed by atoms with van der Waals surface area (Å²) in [6.07, 6.45) is 0. The van der Waals surface area contributed by atoms with Gasteiger partial charge in [-0.2, -0.15) is 0 Å². The normalized spacial score (nSPS) is 11.6. The molecule has 2 amide bonds. The van der Waals surface area contributed by atoms with Crippen molar-refractivity contribution in [2.45, 2.75) is 18.7 Å². The summed E-state index contributed by atoms with van der Waals surface area (Å²) < 4.78 is 35.2. The second kappa shape index (κ2) is 12.4. The molecule has 11 nitrogen and oxygen atoms in total. The minimum Gasteiger partial charge on any atom is -0.468 e. The lowest BCUT2D eigenvalue weighted by molar-refractivity contribution is -0.123. The van der Waals surface area contributed by atoms with Gasteiger partial charge in [-0.25, -0.2) is 8.42 Å². The first-order valence-electron chi connectivity index (χ1n) is 10.5. The molecule has 0 aromatic heterocycles. The van der Waals surface area contributed by atoms with Gasteiger partial charge in [0, 0.05) is 24.3 Å². The number of carbonyl (C=O) groups excluding carboxylic acids is 2. The molecule has 0 aliphatic heterocycles. The maximum absolute atomic E-state index is 13.2. The van der Waals surface area contributed by atoms with Crippen molar-refractivity contribution in [3.63, 3.8) is 0 Å². The zero-order valence-corrected chi connectivity index (χ0v) is 19.9. The summed E-state index contributed by atoms with van der Waals surface area (Å²) in [6, 6.07) is 11.9. The number of hydrogen-bond acceptors (Lipinski definition) is 8. The molecule has 186 valence electrons. The first-order chi connectivity index (χ1) is 16.1. The number of nitrogens with zero attached hydrogens (tertiary/aromatic N) is 2. The number of hydrogen-bond donors (Lipinski definition) is 3. The number of amides is 2. The van der Waals surface area contributed by atoms with Crippen molar-refractivity contribution in [1.82, 2.24) is 4.47 Å². The molecule has 0 heterocycles. The average molecular weight is 495 g/mol. The van der Waals surface area contributed by atoms with Crippen LogP contribution >= 0.6 is 0 Å². The van der Waals surface area contributed by atoms with Crippen molar-refractivity contribution in [2.75, 3.05) is 37.9 Å². The van der Waals surface area contributed by atoms with Gasteiger partial charge in [0.1, 0.15) is 12.3 Å². The Kier molecular flexibility index (Phi) is 9.96. The lowest BCUT2D eigenvalue weighted by Gasteiger charge is -2.25. The standard InChI is InChI=1S/C22H30N4O7S/c1-16(2)13-25(22(28)17-3-7-19(8-4-17)33-15-32-12-11-23)18-5-9-20(10-6-18)34(30,31)26(29)14-21(24)27/h3-10,16,29H,11-15,23H2,1-2H3,(H2,24,27). The second-order valence-corrected chi connectivity index (χ2v) is 9.58. The van der Waals surface area contributed by atoms with Gasteiger partial charge in [0.15, 0.2) is 6.79 Å². The molecule has 0 atom stereocenters.